The Balaban J connectivity index is 2.53. The van der Waals surface area contributed by atoms with E-state index in [0.717, 1.165) is 5.56 Å². The molecule has 0 amide bonds. The summed E-state index contributed by atoms with van der Waals surface area (Å²) in [6, 6.07) is 6.27. The molecule has 1 aromatic carbocycles. The van der Waals surface area contributed by atoms with Crippen molar-refractivity contribution in [3.63, 3.8) is 0 Å². The summed E-state index contributed by atoms with van der Waals surface area (Å²) in [5, 5.41) is 5.59. The van der Waals surface area contributed by atoms with Gasteiger partial charge in [-0.2, -0.15) is 0 Å². The topological polar surface area (TPSA) is 51.6 Å². The molecule has 64 valence electrons. The second-order valence-electron chi connectivity index (χ2n) is 2.32. The van der Waals surface area contributed by atoms with Crippen LogP contribution in [0.25, 0.3) is 0 Å². The van der Waals surface area contributed by atoms with Crippen LogP contribution >= 0.6 is 11.8 Å². The fraction of sp³-hybridized carbons (Fsp3) is 0.125. The van der Waals surface area contributed by atoms with E-state index in [1.165, 1.54) is 23.9 Å². The third kappa shape index (κ3) is 2.92. The van der Waals surface area contributed by atoms with E-state index in [-0.39, 0.29) is 5.82 Å². The lowest BCUT2D eigenvalue weighted by Crippen LogP contribution is -2.43. The normalized spacial score (nSPS) is 9.75. The predicted molar refractivity (Wildman–Crippen MR) is 48.8 cm³/mol. The summed E-state index contributed by atoms with van der Waals surface area (Å²) in [4.78, 5) is 0. The lowest BCUT2D eigenvalue weighted by Gasteiger charge is -1.96. The van der Waals surface area contributed by atoms with Gasteiger partial charge in [0.2, 0.25) is 0 Å². The second-order valence-corrected chi connectivity index (χ2v) is 3.37. The molecular formula is C8H10FN2S+. The summed E-state index contributed by atoms with van der Waals surface area (Å²) < 4.78 is 12.4. The first-order chi connectivity index (χ1) is 5.68. The third-order valence-electron chi connectivity index (χ3n) is 1.32. The molecule has 0 unspecified atom stereocenters. The molecule has 0 bridgehead atoms. The van der Waals surface area contributed by atoms with E-state index in [1.807, 2.05) is 0 Å². The molecule has 0 spiro atoms. The van der Waals surface area contributed by atoms with Crippen LogP contribution in [0.3, 0.4) is 0 Å². The average molecular weight is 185 g/mol. The summed E-state index contributed by atoms with van der Waals surface area (Å²) in [6.45, 7) is 0. The minimum absolute atomic E-state index is 0.228. The number of benzene rings is 1. The largest absolute Gasteiger partial charge is 0.300 e. The van der Waals surface area contributed by atoms with Crippen molar-refractivity contribution in [1.82, 2.24) is 0 Å². The van der Waals surface area contributed by atoms with E-state index < -0.39 is 0 Å². The summed E-state index contributed by atoms with van der Waals surface area (Å²) in [6.07, 6.45) is 0. The molecule has 2 nitrogen and oxygen atoms in total. The number of halogens is 1. The van der Waals surface area contributed by atoms with E-state index in [4.69, 9.17) is 11.1 Å². The van der Waals surface area contributed by atoms with Crippen LogP contribution in [0, 0.1) is 5.82 Å². The third-order valence-corrected chi connectivity index (χ3v) is 2.13. The van der Waals surface area contributed by atoms with E-state index in [1.54, 1.807) is 12.1 Å². The molecule has 0 saturated heterocycles. The first-order valence-corrected chi connectivity index (χ1v) is 4.42. The van der Waals surface area contributed by atoms with Crippen molar-refractivity contribution in [1.29, 1.82) is 0 Å². The van der Waals surface area contributed by atoms with Gasteiger partial charge in [-0.3, -0.25) is 11.1 Å². The van der Waals surface area contributed by atoms with Gasteiger partial charge in [-0.15, -0.1) is 0 Å². The van der Waals surface area contributed by atoms with Gasteiger partial charge in [0.15, 0.2) is 0 Å². The highest BCUT2D eigenvalue weighted by atomic mass is 32.2. The molecular weight excluding hydrogens is 175 g/mol. The Labute approximate surface area is 74.5 Å². The van der Waals surface area contributed by atoms with Gasteiger partial charge in [-0.1, -0.05) is 12.1 Å². The van der Waals surface area contributed by atoms with Crippen molar-refractivity contribution in [3.05, 3.63) is 35.6 Å². The number of thioether (sulfide) groups is 1. The van der Waals surface area contributed by atoms with Gasteiger partial charge in [-0.25, -0.2) is 4.39 Å². The Kier molecular flexibility index (Phi) is 3.10. The van der Waals surface area contributed by atoms with Crippen LogP contribution in [0.15, 0.2) is 24.3 Å². The molecule has 0 aliphatic rings. The molecule has 0 heterocycles. The number of hydrogen-bond donors (Lipinski definition) is 2. The maximum atomic E-state index is 12.4. The molecule has 0 aliphatic heterocycles. The van der Waals surface area contributed by atoms with Gasteiger partial charge >= 0.3 is 0 Å². The molecule has 12 heavy (non-hydrogen) atoms. The first kappa shape index (κ1) is 9.06. The molecule has 0 fully saturated rings. The van der Waals surface area contributed by atoms with Crippen molar-refractivity contribution in [3.8, 4) is 0 Å². The first-order valence-electron chi connectivity index (χ1n) is 3.43. The molecule has 0 aliphatic carbocycles. The zero-order chi connectivity index (χ0) is 8.97. The van der Waals surface area contributed by atoms with Crippen molar-refractivity contribution in [2.45, 2.75) is 5.75 Å². The van der Waals surface area contributed by atoms with Gasteiger partial charge < -0.3 is 0 Å². The van der Waals surface area contributed by atoms with Crippen LogP contribution in [0.2, 0.25) is 0 Å². The summed E-state index contributed by atoms with van der Waals surface area (Å²) >= 11 is 1.34. The highest BCUT2D eigenvalue weighted by molar-refractivity contribution is 8.12. The fourth-order valence-electron chi connectivity index (χ4n) is 0.747. The molecule has 0 atom stereocenters. The van der Waals surface area contributed by atoms with Crippen LogP contribution in [0.5, 0.6) is 0 Å². The SMILES string of the molecule is NC(=[NH2+])SCc1ccc(F)cc1. The smallest absolute Gasteiger partial charge is 0.282 e. The van der Waals surface area contributed by atoms with Gasteiger partial charge in [0.05, 0.1) is 0 Å². The second kappa shape index (κ2) is 4.11. The molecule has 0 saturated carbocycles. The Morgan fingerprint density at radius 2 is 2.00 bits per heavy atom. The van der Waals surface area contributed by atoms with Crippen LogP contribution in [0.1, 0.15) is 5.56 Å². The van der Waals surface area contributed by atoms with Gasteiger partial charge in [0.25, 0.3) is 5.17 Å². The van der Waals surface area contributed by atoms with E-state index in [9.17, 15) is 4.39 Å². The lowest BCUT2D eigenvalue weighted by molar-refractivity contribution is -0.110. The zero-order valence-electron chi connectivity index (χ0n) is 6.46. The van der Waals surface area contributed by atoms with Crippen LogP contribution in [-0.2, 0) is 5.75 Å². The zero-order valence-corrected chi connectivity index (χ0v) is 7.27. The maximum Gasteiger partial charge on any atom is 0.300 e. The van der Waals surface area contributed by atoms with Crippen molar-refractivity contribution in [2.24, 2.45) is 5.73 Å². The minimum atomic E-state index is -0.228. The van der Waals surface area contributed by atoms with Crippen LogP contribution in [-0.4, -0.2) is 5.17 Å². The highest BCUT2D eigenvalue weighted by Gasteiger charge is 1.98. The van der Waals surface area contributed by atoms with E-state index in [0.29, 0.717) is 10.9 Å². The number of nitrogens with two attached hydrogens (primary N) is 2. The maximum absolute atomic E-state index is 12.4. The van der Waals surface area contributed by atoms with Crippen LogP contribution in [0.4, 0.5) is 4.39 Å². The standard InChI is InChI=1S/C8H9FN2S/c9-7-3-1-6(2-4-7)5-12-8(10)11/h1-4H,5H2,(H3,10,11)/p+1. The van der Waals surface area contributed by atoms with Gasteiger partial charge in [-0.05, 0) is 29.5 Å². The molecule has 0 radical (unpaired) electrons. The lowest BCUT2D eigenvalue weighted by atomic mass is 10.2. The Bertz CT molecular complexity index is 271. The predicted octanol–water partition coefficient (Wildman–Crippen LogP) is 0.133. The van der Waals surface area contributed by atoms with Crippen molar-refractivity contribution >= 4 is 16.9 Å². The van der Waals surface area contributed by atoms with E-state index in [2.05, 4.69) is 0 Å². The quantitative estimate of drug-likeness (QED) is 0.508. The van der Waals surface area contributed by atoms with E-state index >= 15 is 0 Å². The number of hydrogen-bond acceptors (Lipinski definition) is 1. The fourth-order valence-corrected chi connectivity index (χ4v) is 1.27. The Hall–Kier alpha value is -1.03. The highest BCUT2D eigenvalue weighted by Crippen LogP contribution is 2.10. The summed E-state index contributed by atoms with van der Waals surface area (Å²) in [7, 11) is 0. The number of rotatable bonds is 2. The average Bonchev–Trinajstić information content (AvgIpc) is 2.03. The molecule has 1 aromatic rings. The Morgan fingerprint density at radius 3 is 2.50 bits per heavy atom. The summed E-state index contributed by atoms with van der Waals surface area (Å²) in [5.74, 6) is 0.455. The van der Waals surface area contributed by atoms with Crippen molar-refractivity contribution in [2.75, 3.05) is 0 Å². The molecule has 0 aromatic heterocycles. The summed E-state index contributed by atoms with van der Waals surface area (Å²) in [5.41, 5.74) is 6.26. The monoisotopic (exact) mass is 185 g/mol. The molecule has 1 rings (SSSR count). The van der Waals surface area contributed by atoms with Crippen molar-refractivity contribution < 1.29 is 9.80 Å². The van der Waals surface area contributed by atoms with Crippen LogP contribution < -0.4 is 11.1 Å². The minimum Gasteiger partial charge on any atom is -0.282 e. The molecule has 4 heteroatoms. The van der Waals surface area contributed by atoms with Gasteiger partial charge in [0, 0.05) is 5.75 Å². The number of amidine groups is 1. The van der Waals surface area contributed by atoms with Gasteiger partial charge in [0.1, 0.15) is 5.82 Å². The molecule has 4 N–H and O–H groups in total. The Morgan fingerprint density at radius 1 is 1.42 bits per heavy atom.